The van der Waals surface area contributed by atoms with Gasteiger partial charge >= 0.3 is 0 Å². The molecule has 2 nitrogen and oxygen atoms in total. The molecule has 0 saturated carbocycles. The predicted octanol–water partition coefficient (Wildman–Crippen LogP) is 4.94. The van der Waals surface area contributed by atoms with Gasteiger partial charge in [0.05, 0.1) is 11.0 Å². The van der Waals surface area contributed by atoms with Crippen molar-refractivity contribution in [1.29, 1.82) is 0 Å². The second-order valence-corrected chi connectivity index (χ2v) is 6.35. The van der Waals surface area contributed by atoms with E-state index in [4.69, 9.17) is 11.6 Å². The van der Waals surface area contributed by atoms with Crippen LogP contribution < -0.4 is 5.43 Å². The van der Waals surface area contributed by atoms with E-state index < -0.39 is 0 Å². The van der Waals surface area contributed by atoms with Crippen LogP contribution in [0, 0.1) is 0 Å². The summed E-state index contributed by atoms with van der Waals surface area (Å²) in [6, 6.07) is 13.7. The first-order valence-corrected chi connectivity index (χ1v) is 8.32. The van der Waals surface area contributed by atoms with Gasteiger partial charge < -0.3 is 4.57 Å². The standard InChI is InChI=1S/C17H15BrClNO/c18-12-7-8-16-14(11-12)17(21)13-5-1-2-6-15(13)20(16)10-4-3-9-19/h1-2,5-8,11H,3-4,9-10H2. The van der Waals surface area contributed by atoms with Gasteiger partial charge in [-0.2, -0.15) is 0 Å². The number of para-hydroxylation sites is 1. The number of unbranched alkanes of at least 4 members (excludes halogenated alkanes) is 1. The zero-order valence-electron chi connectivity index (χ0n) is 11.5. The van der Waals surface area contributed by atoms with Crippen LogP contribution in [-0.2, 0) is 6.54 Å². The lowest BCUT2D eigenvalue weighted by Crippen LogP contribution is -2.11. The summed E-state index contributed by atoms with van der Waals surface area (Å²) in [5.41, 5.74) is 2.07. The quantitative estimate of drug-likeness (QED) is 0.365. The van der Waals surface area contributed by atoms with Gasteiger partial charge in [-0.1, -0.05) is 28.1 Å². The first kappa shape index (κ1) is 14.6. The van der Waals surface area contributed by atoms with E-state index in [9.17, 15) is 4.79 Å². The number of fused-ring (bicyclic) bond motifs is 2. The lowest BCUT2D eigenvalue weighted by molar-refractivity contribution is 0.665. The Balaban J connectivity index is 2.33. The Labute approximate surface area is 136 Å². The highest BCUT2D eigenvalue weighted by Gasteiger charge is 2.10. The van der Waals surface area contributed by atoms with Crippen LogP contribution >= 0.6 is 27.5 Å². The van der Waals surface area contributed by atoms with Crippen LogP contribution in [0.4, 0.5) is 0 Å². The summed E-state index contributed by atoms with van der Waals surface area (Å²) in [5.74, 6) is 0.668. The Morgan fingerprint density at radius 2 is 1.76 bits per heavy atom. The highest BCUT2D eigenvalue weighted by molar-refractivity contribution is 9.10. The molecule has 0 spiro atoms. The number of benzene rings is 2. The molecule has 1 aromatic heterocycles. The monoisotopic (exact) mass is 363 g/mol. The van der Waals surface area contributed by atoms with Gasteiger partial charge in [-0.3, -0.25) is 4.79 Å². The van der Waals surface area contributed by atoms with E-state index in [1.54, 1.807) is 0 Å². The van der Waals surface area contributed by atoms with E-state index in [0.29, 0.717) is 5.88 Å². The third-order valence-electron chi connectivity index (χ3n) is 3.70. The Morgan fingerprint density at radius 1 is 1.00 bits per heavy atom. The molecule has 3 aromatic rings. The molecule has 0 amide bonds. The summed E-state index contributed by atoms with van der Waals surface area (Å²) < 4.78 is 3.15. The number of aryl methyl sites for hydroxylation is 1. The fourth-order valence-corrected chi connectivity index (χ4v) is 3.26. The summed E-state index contributed by atoms with van der Waals surface area (Å²) >= 11 is 9.24. The minimum absolute atomic E-state index is 0.0930. The molecule has 3 rings (SSSR count). The minimum atomic E-state index is 0.0930. The third kappa shape index (κ3) is 2.72. The van der Waals surface area contributed by atoms with Crippen molar-refractivity contribution in [3.63, 3.8) is 0 Å². The average molecular weight is 365 g/mol. The SMILES string of the molecule is O=c1c2ccccc2n(CCCCCl)c2ccc(Br)cc12. The minimum Gasteiger partial charge on any atom is -0.340 e. The second kappa shape index (κ2) is 6.20. The van der Waals surface area contributed by atoms with Gasteiger partial charge in [0, 0.05) is 27.7 Å². The average Bonchev–Trinajstić information content (AvgIpc) is 2.51. The first-order valence-electron chi connectivity index (χ1n) is 6.99. The number of hydrogen-bond donors (Lipinski definition) is 0. The molecule has 0 aliphatic heterocycles. The Morgan fingerprint density at radius 3 is 2.57 bits per heavy atom. The van der Waals surface area contributed by atoms with Crippen LogP contribution in [0.15, 0.2) is 51.7 Å². The van der Waals surface area contributed by atoms with Crippen molar-refractivity contribution < 1.29 is 0 Å². The number of hydrogen-bond acceptors (Lipinski definition) is 1. The van der Waals surface area contributed by atoms with Crippen molar-refractivity contribution in [3.05, 3.63) is 57.2 Å². The fraction of sp³-hybridized carbons (Fsp3) is 0.235. The molecule has 2 aromatic carbocycles. The molecule has 0 bridgehead atoms. The topological polar surface area (TPSA) is 22.0 Å². The summed E-state index contributed by atoms with van der Waals surface area (Å²) in [6.45, 7) is 0.867. The highest BCUT2D eigenvalue weighted by atomic mass is 79.9. The molecule has 4 heteroatoms. The molecule has 1 heterocycles. The van der Waals surface area contributed by atoms with Crippen molar-refractivity contribution in [2.24, 2.45) is 0 Å². The lowest BCUT2D eigenvalue weighted by atomic mass is 10.1. The van der Waals surface area contributed by atoms with Gasteiger partial charge in [-0.05, 0) is 43.2 Å². The predicted molar refractivity (Wildman–Crippen MR) is 93.4 cm³/mol. The molecule has 0 N–H and O–H groups in total. The number of pyridine rings is 1. The van der Waals surface area contributed by atoms with Crippen molar-refractivity contribution >= 4 is 49.3 Å². The van der Waals surface area contributed by atoms with Crippen molar-refractivity contribution in [3.8, 4) is 0 Å². The van der Waals surface area contributed by atoms with E-state index in [0.717, 1.165) is 45.7 Å². The van der Waals surface area contributed by atoms with Gasteiger partial charge in [0.25, 0.3) is 0 Å². The molecule has 108 valence electrons. The van der Waals surface area contributed by atoms with Crippen LogP contribution in [0.25, 0.3) is 21.8 Å². The van der Waals surface area contributed by atoms with Crippen molar-refractivity contribution in [2.75, 3.05) is 5.88 Å². The van der Waals surface area contributed by atoms with E-state index in [-0.39, 0.29) is 5.43 Å². The van der Waals surface area contributed by atoms with Crippen LogP contribution in [0.3, 0.4) is 0 Å². The number of nitrogens with zero attached hydrogens (tertiary/aromatic N) is 1. The van der Waals surface area contributed by atoms with E-state index in [1.807, 2.05) is 42.5 Å². The Hall–Kier alpha value is -1.32. The summed E-state index contributed by atoms with van der Waals surface area (Å²) in [7, 11) is 0. The van der Waals surface area contributed by atoms with Crippen molar-refractivity contribution in [2.45, 2.75) is 19.4 Å². The maximum Gasteiger partial charge on any atom is 0.197 e. The molecule has 21 heavy (non-hydrogen) atoms. The van der Waals surface area contributed by atoms with Crippen molar-refractivity contribution in [1.82, 2.24) is 4.57 Å². The van der Waals surface area contributed by atoms with Crippen LogP contribution in [-0.4, -0.2) is 10.4 Å². The molecular weight excluding hydrogens is 350 g/mol. The molecule has 0 aliphatic carbocycles. The number of halogens is 2. The number of alkyl halides is 1. The molecule has 0 aliphatic rings. The summed E-state index contributed by atoms with van der Waals surface area (Å²) in [4.78, 5) is 12.7. The van der Waals surface area contributed by atoms with Crippen LogP contribution in [0.2, 0.25) is 0 Å². The van der Waals surface area contributed by atoms with E-state index in [1.165, 1.54) is 0 Å². The smallest absolute Gasteiger partial charge is 0.197 e. The van der Waals surface area contributed by atoms with Gasteiger partial charge in [-0.25, -0.2) is 0 Å². The molecule has 0 saturated heterocycles. The summed E-state index contributed by atoms with van der Waals surface area (Å²) in [5, 5.41) is 1.53. The maximum atomic E-state index is 12.7. The van der Waals surface area contributed by atoms with Gasteiger partial charge in [0.1, 0.15) is 0 Å². The largest absolute Gasteiger partial charge is 0.340 e. The normalized spacial score (nSPS) is 11.3. The fourth-order valence-electron chi connectivity index (χ4n) is 2.71. The molecule has 0 radical (unpaired) electrons. The number of rotatable bonds is 4. The van der Waals surface area contributed by atoms with Crippen LogP contribution in [0.1, 0.15) is 12.8 Å². The molecule has 0 unspecified atom stereocenters. The zero-order valence-corrected chi connectivity index (χ0v) is 13.8. The second-order valence-electron chi connectivity index (χ2n) is 5.06. The maximum absolute atomic E-state index is 12.7. The van der Waals surface area contributed by atoms with Gasteiger partial charge in [0.15, 0.2) is 5.43 Å². The highest BCUT2D eigenvalue weighted by Crippen LogP contribution is 2.23. The van der Waals surface area contributed by atoms with E-state index in [2.05, 4.69) is 20.5 Å². The van der Waals surface area contributed by atoms with E-state index >= 15 is 0 Å². The number of aromatic nitrogens is 1. The van der Waals surface area contributed by atoms with Gasteiger partial charge in [0.2, 0.25) is 0 Å². The zero-order chi connectivity index (χ0) is 14.8. The third-order valence-corrected chi connectivity index (χ3v) is 4.46. The molecular formula is C17H15BrClNO. The first-order chi connectivity index (χ1) is 10.2. The molecule has 0 fully saturated rings. The lowest BCUT2D eigenvalue weighted by Gasteiger charge is -2.15. The van der Waals surface area contributed by atoms with Crippen LogP contribution in [0.5, 0.6) is 0 Å². The summed E-state index contributed by atoms with van der Waals surface area (Å²) in [6.07, 6.45) is 1.97. The Kier molecular flexibility index (Phi) is 4.32. The Bertz CT molecular complexity index is 856. The molecule has 0 atom stereocenters. The van der Waals surface area contributed by atoms with Gasteiger partial charge in [-0.15, -0.1) is 11.6 Å².